The molecule has 0 aromatic heterocycles. The summed E-state index contributed by atoms with van der Waals surface area (Å²) in [6.45, 7) is 10.2. The third kappa shape index (κ3) is 3.27. The molecule has 1 unspecified atom stereocenters. The first-order valence-corrected chi connectivity index (χ1v) is 7.36. The van der Waals surface area contributed by atoms with Gasteiger partial charge in [0.1, 0.15) is 5.82 Å². The molecule has 1 heterocycles. The maximum atomic E-state index is 14.2. The van der Waals surface area contributed by atoms with Crippen molar-refractivity contribution in [3.05, 3.63) is 29.6 Å². The number of hydrogen-bond donors (Lipinski definition) is 1. The van der Waals surface area contributed by atoms with Gasteiger partial charge in [-0.05, 0) is 36.4 Å². The van der Waals surface area contributed by atoms with Crippen LogP contribution in [0.25, 0.3) is 0 Å². The Balaban J connectivity index is 2.19. The lowest BCUT2D eigenvalue weighted by Crippen LogP contribution is -2.25. The summed E-state index contributed by atoms with van der Waals surface area (Å²) in [5.41, 5.74) is 1.89. The second-order valence-corrected chi connectivity index (χ2v) is 5.77. The lowest BCUT2D eigenvalue weighted by molar-refractivity contribution is 0.422. The van der Waals surface area contributed by atoms with Crippen molar-refractivity contribution >= 4 is 5.69 Å². The van der Waals surface area contributed by atoms with Crippen LogP contribution in [0.4, 0.5) is 10.1 Å². The van der Waals surface area contributed by atoms with Gasteiger partial charge in [0.25, 0.3) is 0 Å². The van der Waals surface area contributed by atoms with Crippen LogP contribution in [0.1, 0.15) is 32.8 Å². The number of nitrogens with one attached hydrogen (secondary N) is 1. The summed E-state index contributed by atoms with van der Waals surface area (Å²) in [7, 11) is 0. The summed E-state index contributed by atoms with van der Waals surface area (Å²) in [6, 6.07) is 5.42. The van der Waals surface area contributed by atoms with Crippen LogP contribution in [0.15, 0.2) is 18.2 Å². The second-order valence-electron chi connectivity index (χ2n) is 5.77. The van der Waals surface area contributed by atoms with Crippen molar-refractivity contribution in [2.24, 2.45) is 11.8 Å². The van der Waals surface area contributed by atoms with Crippen LogP contribution in [-0.4, -0.2) is 19.6 Å². The molecule has 1 saturated heterocycles. The van der Waals surface area contributed by atoms with Gasteiger partial charge in [-0.2, -0.15) is 0 Å². The van der Waals surface area contributed by atoms with Gasteiger partial charge in [0, 0.05) is 19.6 Å². The molecule has 0 aliphatic carbocycles. The Morgan fingerprint density at radius 3 is 2.84 bits per heavy atom. The number of benzene rings is 1. The van der Waals surface area contributed by atoms with Crippen LogP contribution in [0, 0.1) is 17.7 Å². The Morgan fingerprint density at radius 2 is 2.21 bits per heavy atom. The number of rotatable bonds is 5. The minimum Gasteiger partial charge on any atom is -0.369 e. The first-order valence-electron chi connectivity index (χ1n) is 7.36. The summed E-state index contributed by atoms with van der Waals surface area (Å²) < 4.78 is 14.2. The Kier molecular flexibility index (Phi) is 4.81. The highest BCUT2D eigenvalue weighted by Crippen LogP contribution is 2.32. The molecular weight excluding hydrogens is 239 g/mol. The van der Waals surface area contributed by atoms with E-state index < -0.39 is 0 Å². The molecule has 2 rings (SSSR count). The molecule has 0 radical (unpaired) electrons. The number of para-hydroxylation sites is 1. The molecule has 0 saturated carbocycles. The topological polar surface area (TPSA) is 15.3 Å². The van der Waals surface area contributed by atoms with Crippen LogP contribution < -0.4 is 10.2 Å². The molecule has 2 nitrogen and oxygen atoms in total. The van der Waals surface area contributed by atoms with Gasteiger partial charge in [0.15, 0.2) is 0 Å². The van der Waals surface area contributed by atoms with Crippen molar-refractivity contribution in [3.8, 4) is 0 Å². The maximum Gasteiger partial charge on any atom is 0.146 e. The molecule has 1 aromatic rings. The fourth-order valence-electron chi connectivity index (χ4n) is 2.85. The van der Waals surface area contributed by atoms with Crippen molar-refractivity contribution in [3.63, 3.8) is 0 Å². The molecular formula is C16H25FN2. The lowest BCUT2D eigenvalue weighted by Gasteiger charge is -2.23. The predicted molar refractivity (Wildman–Crippen MR) is 78.9 cm³/mol. The van der Waals surface area contributed by atoms with E-state index in [0.29, 0.717) is 11.8 Å². The summed E-state index contributed by atoms with van der Waals surface area (Å²) in [5, 5.41) is 3.30. The second kappa shape index (κ2) is 6.38. The van der Waals surface area contributed by atoms with E-state index in [-0.39, 0.29) is 5.82 Å². The van der Waals surface area contributed by atoms with Gasteiger partial charge in [-0.15, -0.1) is 0 Å². The number of hydrogen-bond acceptors (Lipinski definition) is 2. The SMILES string of the molecule is CCNCc1cccc(F)c1N1CCC(C(C)C)C1. The van der Waals surface area contributed by atoms with E-state index in [9.17, 15) is 4.39 Å². The molecule has 1 fully saturated rings. The Labute approximate surface area is 116 Å². The van der Waals surface area contributed by atoms with Crippen LogP contribution >= 0.6 is 0 Å². The minimum absolute atomic E-state index is 0.0835. The minimum atomic E-state index is -0.0835. The zero-order chi connectivity index (χ0) is 13.8. The van der Waals surface area contributed by atoms with Gasteiger partial charge in [-0.25, -0.2) is 4.39 Å². The Morgan fingerprint density at radius 1 is 1.42 bits per heavy atom. The molecule has 1 N–H and O–H groups in total. The van der Waals surface area contributed by atoms with E-state index in [1.807, 2.05) is 12.1 Å². The van der Waals surface area contributed by atoms with Gasteiger partial charge in [0.2, 0.25) is 0 Å². The van der Waals surface area contributed by atoms with Crippen molar-refractivity contribution in [2.45, 2.75) is 33.7 Å². The van der Waals surface area contributed by atoms with Crippen LogP contribution in [-0.2, 0) is 6.54 Å². The summed E-state index contributed by atoms with van der Waals surface area (Å²) in [5.74, 6) is 1.28. The Hall–Kier alpha value is -1.09. The number of nitrogens with zero attached hydrogens (tertiary/aromatic N) is 1. The smallest absolute Gasteiger partial charge is 0.146 e. The van der Waals surface area contributed by atoms with Crippen molar-refractivity contribution in [1.29, 1.82) is 0 Å². The van der Waals surface area contributed by atoms with Crippen LogP contribution in [0.2, 0.25) is 0 Å². The standard InChI is InChI=1S/C16H25FN2/c1-4-18-10-13-6-5-7-15(17)16(13)19-9-8-14(11-19)12(2)3/h5-7,12,14,18H,4,8-11H2,1-3H3. The van der Waals surface area contributed by atoms with Crippen molar-refractivity contribution < 1.29 is 4.39 Å². The molecule has 1 atom stereocenters. The zero-order valence-corrected chi connectivity index (χ0v) is 12.2. The van der Waals surface area contributed by atoms with Gasteiger partial charge in [-0.3, -0.25) is 0 Å². The highest BCUT2D eigenvalue weighted by Gasteiger charge is 2.27. The van der Waals surface area contributed by atoms with Gasteiger partial charge in [-0.1, -0.05) is 32.9 Å². The molecule has 3 heteroatoms. The van der Waals surface area contributed by atoms with Gasteiger partial charge in [0.05, 0.1) is 5.69 Å². The average Bonchev–Trinajstić information content (AvgIpc) is 2.85. The maximum absolute atomic E-state index is 14.2. The molecule has 1 aliphatic rings. The molecule has 19 heavy (non-hydrogen) atoms. The summed E-state index contributed by atoms with van der Waals surface area (Å²) in [4.78, 5) is 2.23. The van der Waals surface area contributed by atoms with Crippen LogP contribution in [0.5, 0.6) is 0 Å². The molecule has 0 bridgehead atoms. The molecule has 106 valence electrons. The number of anilines is 1. The van der Waals surface area contributed by atoms with Crippen molar-refractivity contribution in [2.75, 3.05) is 24.5 Å². The van der Waals surface area contributed by atoms with E-state index in [1.54, 1.807) is 6.07 Å². The largest absolute Gasteiger partial charge is 0.369 e. The fraction of sp³-hybridized carbons (Fsp3) is 0.625. The lowest BCUT2D eigenvalue weighted by atomic mass is 9.95. The first kappa shape index (κ1) is 14.3. The highest BCUT2D eigenvalue weighted by molar-refractivity contribution is 5.55. The van der Waals surface area contributed by atoms with Crippen molar-refractivity contribution in [1.82, 2.24) is 5.32 Å². The van der Waals surface area contributed by atoms with E-state index >= 15 is 0 Å². The van der Waals surface area contributed by atoms with Gasteiger partial charge < -0.3 is 10.2 Å². The fourth-order valence-corrected chi connectivity index (χ4v) is 2.85. The predicted octanol–water partition coefficient (Wildman–Crippen LogP) is 3.42. The zero-order valence-electron chi connectivity index (χ0n) is 12.2. The first-order chi connectivity index (χ1) is 9.13. The average molecular weight is 264 g/mol. The molecule has 0 amide bonds. The van der Waals surface area contributed by atoms with Gasteiger partial charge >= 0.3 is 0 Å². The van der Waals surface area contributed by atoms with E-state index in [1.165, 1.54) is 6.42 Å². The molecule has 1 aromatic carbocycles. The summed E-state index contributed by atoms with van der Waals surface area (Å²) >= 11 is 0. The quantitative estimate of drug-likeness (QED) is 0.876. The normalized spacial score (nSPS) is 19.4. The third-order valence-corrected chi connectivity index (χ3v) is 4.12. The molecule has 0 spiro atoms. The summed E-state index contributed by atoms with van der Waals surface area (Å²) in [6.07, 6.45) is 1.17. The van der Waals surface area contributed by atoms with E-state index in [2.05, 4.69) is 31.0 Å². The Bertz CT molecular complexity index is 417. The third-order valence-electron chi connectivity index (χ3n) is 4.12. The molecule has 1 aliphatic heterocycles. The monoisotopic (exact) mass is 264 g/mol. The van der Waals surface area contributed by atoms with E-state index in [0.717, 1.165) is 37.4 Å². The van der Waals surface area contributed by atoms with Crippen LogP contribution in [0.3, 0.4) is 0 Å². The van der Waals surface area contributed by atoms with E-state index in [4.69, 9.17) is 0 Å². The highest BCUT2D eigenvalue weighted by atomic mass is 19.1. The number of halogens is 1.